The first-order valence-electron chi connectivity index (χ1n) is 4.95. The Balaban J connectivity index is 2.84. The molecule has 8 heteroatoms. The van der Waals surface area contributed by atoms with Gasteiger partial charge in [0.25, 0.3) is 0 Å². The zero-order chi connectivity index (χ0) is 13.4. The van der Waals surface area contributed by atoms with E-state index in [1.54, 1.807) is 24.3 Å². The van der Waals surface area contributed by atoms with Gasteiger partial charge in [0.2, 0.25) is 0 Å². The number of ether oxygens (including phenoxy) is 1. The van der Waals surface area contributed by atoms with Crippen LogP contribution in [-0.2, 0) is 4.74 Å². The Bertz CT molecular complexity index is 463. The lowest BCUT2D eigenvalue weighted by molar-refractivity contribution is 0.110. The van der Waals surface area contributed by atoms with Crippen molar-refractivity contribution in [1.82, 2.24) is 0 Å². The van der Waals surface area contributed by atoms with E-state index in [-0.39, 0.29) is 6.54 Å². The molecule has 0 bridgehead atoms. The first kappa shape index (κ1) is 13.9. The van der Waals surface area contributed by atoms with Gasteiger partial charge in [-0.15, -0.1) is 5.10 Å². The van der Waals surface area contributed by atoms with Gasteiger partial charge in [0, 0.05) is 10.6 Å². The molecule has 0 radical (unpaired) electrons. The van der Waals surface area contributed by atoms with Crippen molar-refractivity contribution in [3.63, 3.8) is 0 Å². The van der Waals surface area contributed by atoms with Gasteiger partial charge in [-0.1, -0.05) is 29.8 Å². The van der Waals surface area contributed by atoms with Crippen molar-refractivity contribution in [3.8, 4) is 0 Å². The average molecular weight is 270 g/mol. The topological polar surface area (TPSA) is 115 Å². The van der Waals surface area contributed by atoms with E-state index in [1.807, 2.05) is 0 Å². The van der Waals surface area contributed by atoms with Crippen molar-refractivity contribution in [2.24, 2.45) is 26.9 Å². The molecule has 96 valence electrons. The van der Waals surface area contributed by atoms with E-state index in [0.29, 0.717) is 10.6 Å². The van der Waals surface area contributed by atoms with Gasteiger partial charge < -0.3 is 16.2 Å². The molecule has 1 amide bonds. The average Bonchev–Trinajstić information content (AvgIpc) is 2.33. The van der Waals surface area contributed by atoms with E-state index >= 15 is 0 Å². The van der Waals surface area contributed by atoms with Crippen molar-refractivity contribution in [3.05, 3.63) is 34.9 Å². The highest BCUT2D eigenvalue weighted by atomic mass is 35.5. The summed E-state index contributed by atoms with van der Waals surface area (Å²) < 4.78 is 4.91. The van der Waals surface area contributed by atoms with Crippen LogP contribution in [-0.4, -0.2) is 19.0 Å². The summed E-state index contributed by atoms with van der Waals surface area (Å²) >= 11 is 5.99. The summed E-state index contributed by atoms with van der Waals surface area (Å²) in [6.07, 6.45) is -0.645. The summed E-state index contributed by atoms with van der Waals surface area (Å²) in [6, 6.07) is 6.89. The molecule has 0 aliphatic carbocycles. The maximum Gasteiger partial charge on any atom is 0.405 e. The van der Waals surface area contributed by atoms with Crippen LogP contribution in [0.2, 0.25) is 5.02 Å². The molecule has 0 saturated heterocycles. The third kappa shape index (κ3) is 4.38. The van der Waals surface area contributed by atoms with Gasteiger partial charge in [0.1, 0.15) is 12.9 Å². The fourth-order valence-corrected chi connectivity index (χ4v) is 1.51. The third-order valence-corrected chi connectivity index (χ3v) is 2.28. The first-order chi connectivity index (χ1) is 8.65. The second-order valence-electron chi connectivity index (χ2n) is 3.13. The lowest BCUT2D eigenvalue weighted by Gasteiger charge is -2.15. The number of primary amides is 1. The molecule has 0 aliphatic rings. The van der Waals surface area contributed by atoms with Crippen molar-refractivity contribution in [2.75, 3.05) is 6.54 Å². The van der Waals surface area contributed by atoms with Crippen LogP contribution in [0.5, 0.6) is 0 Å². The Morgan fingerprint density at radius 3 is 2.83 bits per heavy atom. The molecule has 0 aromatic heterocycles. The van der Waals surface area contributed by atoms with Crippen molar-refractivity contribution >= 4 is 24.0 Å². The van der Waals surface area contributed by atoms with E-state index in [4.69, 9.17) is 27.8 Å². The van der Waals surface area contributed by atoms with Crippen molar-refractivity contribution < 1.29 is 9.53 Å². The fraction of sp³-hybridized carbons (Fsp3) is 0.200. The molecular weight excluding hydrogens is 258 g/mol. The number of amides is 1. The molecule has 7 nitrogen and oxygen atoms in total. The number of hydrogen-bond donors (Lipinski definition) is 2. The second-order valence-corrected chi connectivity index (χ2v) is 3.53. The van der Waals surface area contributed by atoms with Gasteiger partial charge in [-0.25, -0.2) is 4.79 Å². The van der Waals surface area contributed by atoms with Gasteiger partial charge in [-0.05, 0) is 11.3 Å². The maximum absolute atomic E-state index is 10.8. The SMILES string of the molecule is NC=NN=NCC(OC(N)=O)c1ccccc1Cl. The van der Waals surface area contributed by atoms with Crippen LogP contribution in [0.15, 0.2) is 39.7 Å². The standard InChI is InChI=1S/C10H12ClN5O2/c11-8-4-2-1-3-7(8)9(18-10(13)17)5-14-16-15-6-12/h1-4,6,9H,5H2,(H2,13,17)(H2,12,14,15). The molecule has 1 aromatic rings. The van der Waals surface area contributed by atoms with E-state index in [9.17, 15) is 4.79 Å². The largest absolute Gasteiger partial charge is 0.439 e. The first-order valence-corrected chi connectivity index (χ1v) is 5.33. The summed E-state index contributed by atoms with van der Waals surface area (Å²) in [4.78, 5) is 10.8. The molecule has 18 heavy (non-hydrogen) atoms. The second kappa shape index (κ2) is 7.23. The van der Waals surface area contributed by atoms with Crippen LogP contribution >= 0.6 is 11.6 Å². The molecular formula is C10H12ClN5O2. The van der Waals surface area contributed by atoms with Crippen LogP contribution in [0.25, 0.3) is 0 Å². The lowest BCUT2D eigenvalue weighted by Crippen LogP contribution is -2.19. The number of nitrogens with zero attached hydrogens (tertiary/aromatic N) is 3. The molecule has 0 aliphatic heterocycles. The molecule has 1 rings (SSSR count). The normalized spacial score (nSPS) is 12.9. The highest BCUT2D eigenvalue weighted by molar-refractivity contribution is 6.31. The predicted octanol–water partition coefficient (Wildman–Crippen LogP) is 1.83. The summed E-state index contributed by atoms with van der Waals surface area (Å²) in [7, 11) is 0. The number of benzene rings is 1. The molecule has 0 spiro atoms. The van der Waals surface area contributed by atoms with Crippen LogP contribution in [0.4, 0.5) is 4.79 Å². The van der Waals surface area contributed by atoms with Gasteiger partial charge in [0.15, 0.2) is 6.10 Å². The highest BCUT2D eigenvalue weighted by Crippen LogP contribution is 2.25. The van der Waals surface area contributed by atoms with Crippen molar-refractivity contribution in [1.29, 1.82) is 0 Å². The monoisotopic (exact) mass is 269 g/mol. The Kier molecular flexibility index (Phi) is 5.59. The number of hydrogen-bond acceptors (Lipinski definition) is 4. The zero-order valence-electron chi connectivity index (χ0n) is 9.36. The van der Waals surface area contributed by atoms with Crippen LogP contribution in [0, 0.1) is 0 Å². The Hall–Kier alpha value is -2.15. The van der Waals surface area contributed by atoms with Gasteiger partial charge >= 0.3 is 6.09 Å². The number of halogens is 1. The number of carbonyl (C=O) groups excluding carboxylic acids is 1. The minimum absolute atomic E-state index is 0.0456. The third-order valence-electron chi connectivity index (χ3n) is 1.94. The van der Waals surface area contributed by atoms with E-state index < -0.39 is 12.2 Å². The summed E-state index contributed by atoms with van der Waals surface area (Å²) in [5, 5.41) is 10.9. The zero-order valence-corrected chi connectivity index (χ0v) is 10.1. The molecule has 0 saturated carbocycles. The number of rotatable bonds is 5. The molecule has 1 atom stereocenters. The minimum atomic E-state index is -0.919. The number of nitrogens with two attached hydrogens (primary N) is 2. The van der Waals surface area contributed by atoms with E-state index in [2.05, 4.69) is 15.4 Å². The van der Waals surface area contributed by atoms with E-state index in [1.165, 1.54) is 0 Å². The molecule has 1 unspecified atom stereocenters. The molecule has 0 fully saturated rings. The van der Waals surface area contributed by atoms with Crippen LogP contribution in [0.3, 0.4) is 0 Å². The lowest BCUT2D eigenvalue weighted by atomic mass is 10.1. The van der Waals surface area contributed by atoms with Gasteiger partial charge in [-0.3, -0.25) is 0 Å². The van der Waals surface area contributed by atoms with Gasteiger partial charge in [-0.2, -0.15) is 5.11 Å². The smallest absolute Gasteiger partial charge is 0.405 e. The Morgan fingerprint density at radius 1 is 1.50 bits per heavy atom. The molecule has 1 aromatic carbocycles. The maximum atomic E-state index is 10.8. The minimum Gasteiger partial charge on any atom is -0.439 e. The van der Waals surface area contributed by atoms with Crippen molar-refractivity contribution in [2.45, 2.75) is 6.10 Å². The fourth-order valence-electron chi connectivity index (χ4n) is 1.25. The Labute approximate surface area is 108 Å². The number of carbonyl (C=O) groups is 1. The Morgan fingerprint density at radius 2 is 2.22 bits per heavy atom. The van der Waals surface area contributed by atoms with Crippen LogP contribution in [0.1, 0.15) is 11.7 Å². The summed E-state index contributed by atoms with van der Waals surface area (Å²) in [5.41, 5.74) is 10.6. The van der Waals surface area contributed by atoms with Crippen LogP contribution < -0.4 is 11.5 Å². The predicted molar refractivity (Wildman–Crippen MR) is 67.3 cm³/mol. The summed E-state index contributed by atoms with van der Waals surface area (Å²) in [6.45, 7) is 0.0456. The molecule has 0 heterocycles. The highest BCUT2D eigenvalue weighted by Gasteiger charge is 2.17. The summed E-state index contributed by atoms with van der Waals surface area (Å²) in [5.74, 6) is 0. The quantitative estimate of drug-likeness (QED) is 0.367. The van der Waals surface area contributed by atoms with E-state index in [0.717, 1.165) is 6.34 Å². The molecule has 4 N–H and O–H groups in total. The van der Waals surface area contributed by atoms with Gasteiger partial charge in [0.05, 0.1) is 0 Å².